The van der Waals surface area contributed by atoms with E-state index in [1.54, 1.807) is 6.20 Å². The van der Waals surface area contributed by atoms with Crippen LogP contribution in [0.2, 0.25) is 0 Å². The Bertz CT molecular complexity index is 530. The van der Waals surface area contributed by atoms with E-state index in [9.17, 15) is 4.79 Å². The van der Waals surface area contributed by atoms with Crippen LogP contribution in [0.4, 0.5) is 10.5 Å². The third-order valence-corrected chi connectivity index (χ3v) is 4.65. The van der Waals surface area contributed by atoms with Crippen molar-refractivity contribution in [2.24, 2.45) is 5.92 Å². The Morgan fingerprint density at radius 2 is 1.96 bits per heavy atom. The Kier molecular flexibility index (Phi) is 6.66. The van der Waals surface area contributed by atoms with Crippen LogP contribution in [-0.4, -0.2) is 46.9 Å². The van der Waals surface area contributed by atoms with E-state index < -0.39 is 0 Å². The molecule has 2 rings (SSSR count). The molecule has 1 aromatic heterocycles. The average molecular weight is 335 g/mol. The third-order valence-electron chi connectivity index (χ3n) is 4.65. The summed E-state index contributed by atoms with van der Waals surface area (Å²) in [7, 11) is 2.12. The van der Waals surface area contributed by atoms with Crippen LogP contribution in [0.1, 0.15) is 58.6 Å². The molecule has 0 radical (unpaired) electrons. The molecule has 0 aromatic carbocycles. The summed E-state index contributed by atoms with van der Waals surface area (Å²) < 4.78 is 2.04. The highest BCUT2D eigenvalue weighted by atomic mass is 16.2. The second-order valence-electron chi connectivity index (χ2n) is 7.68. The Morgan fingerprint density at radius 1 is 1.29 bits per heavy atom. The number of amides is 2. The van der Waals surface area contributed by atoms with Gasteiger partial charge < -0.3 is 15.5 Å². The van der Waals surface area contributed by atoms with Crippen molar-refractivity contribution in [1.82, 2.24) is 20.0 Å². The number of carbonyl (C=O) groups is 1. The smallest absolute Gasteiger partial charge is 0.319 e. The molecular weight excluding hydrogens is 302 g/mol. The number of aryl methyl sites for hydroxylation is 1. The first kappa shape index (κ1) is 18.8. The lowest BCUT2D eigenvalue weighted by molar-refractivity contribution is 0.221. The SMILES string of the molecule is CC(C)CCn1ncc(NC(=O)NC2CCN(C)CC2)c1C(C)C. The molecule has 2 N–H and O–H groups in total. The highest BCUT2D eigenvalue weighted by molar-refractivity contribution is 5.90. The number of hydrogen-bond donors (Lipinski definition) is 2. The molecule has 6 nitrogen and oxygen atoms in total. The van der Waals surface area contributed by atoms with Gasteiger partial charge in [0.1, 0.15) is 0 Å². The number of aromatic nitrogens is 2. The normalized spacial score (nSPS) is 16.8. The molecule has 0 spiro atoms. The topological polar surface area (TPSA) is 62.2 Å². The van der Waals surface area contributed by atoms with Crippen molar-refractivity contribution in [2.75, 3.05) is 25.5 Å². The van der Waals surface area contributed by atoms with Gasteiger partial charge in [-0.05, 0) is 51.2 Å². The summed E-state index contributed by atoms with van der Waals surface area (Å²) in [5.41, 5.74) is 1.94. The van der Waals surface area contributed by atoms with Crippen LogP contribution >= 0.6 is 0 Å². The molecule has 1 aliphatic heterocycles. The van der Waals surface area contributed by atoms with Crippen LogP contribution in [0.5, 0.6) is 0 Å². The molecule has 0 saturated carbocycles. The maximum atomic E-state index is 12.3. The van der Waals surface area contributed by atoms with Gasteiger partial charge in [0.2, 0.25) is 0 Å². The Balaban J connectivity index is 1.96. The molecule has 2 amide bonds. The van der Waals surface area contributed by atoms with Gasteiger partial charge in [-0.1, -0.05) is 27.7 Å². The van der Waals surface area contributed by atoms with Crippen LogP contribution in [0, 0.1) is 5.92 Å². The first-order valence-corrected chi connectivity index (χ1v) is 9.18. The fourth-order valence-corrected chi connectivity index (χ4v) is 3.16. The molecule has 0 aliphatic carbocycles. The summed E-state index contributed by atoms with van der Waals surface area (Å²) in [4.78, 5) is 14.6. The molecular formula is C18H33N5O. The van der Waals surface area contributed by atoms with Crippen molar-refractivity contribution in [3.05, 3.63) is 11.9 Å². The summed E-state index contributed by atoms with van der Waals surface area (Å²) in [5, 5.41) is 10.6. The van der Waals surface area contributed by atoms with E-state index in [2.05, 4.69) is 55.4 Å². The number of piperidine rings is 1. The van der Waals surface area contributed by atoms with Crippen molar-refractivity contribution in [2.45, 2.75) is 65.5 Å². The monoisotopic (exact) mass is 335 g/mol. The van der Waals surface area contributed by atoms with Gasteiger partial charge in [-0.25, -0.2) is 4.79 Å². The van der Waals surface area contributed by atoms with E-state index in [1.807, 2.05) is 4.68 Å². The maximum absolute atomic E-state index is 12.3. The minimum atomic E-state index is -0.116. The molecule has 24 heavy (non-hydrogen) atoms. The summed E-state index contributed by atoms with van der Waals surface area (Å²) >= 11 is 0. The zero-order chi connectivity index (χ0) is 17.7. The van der Waals surface area contributed by atoms with Crippen LogP contribution in [0.3, 0.4) is 0 Å². The predicted octanol–water partition coefficient (Wildman–Crippen LogP) is 3.27. The highest BCUT2D eigenvalue weighted by Gasteiger charge is 2.20. The Labute approximate surface area is 146 Å². The molecule has 0 atom stereocenters. The molecule has 1 aromatic rings. The Hall–Kier alpha value is -1.56. The first-order valence-electron chi connectivity index (χ1n) is 9.18. The van der Waals surface area contributed by atoms with E-state index in [-0.39, 0.29) is 12.1 Å². The van der Waals surface area contributed by atoms with Crippen LogP contribution in [0.25, 0.3) is 0 Å². The maximum Gasteiger partial charge on any atom is 0.319 e. The molecule has 6 heteroatoms. The summed E-state index contributed by atoms with van der Waals surface area (Å²) in [6, 6.07) is 0.148. The largest absolute Gasteiger partial charge is 0.335 e. The van der Waals surface area contributed by atoms with Gasteiger partial charge >= 0.3 is 6.03 Å². The molecule has 1 aliphatic rings. The summed E-state index contributed by atoms with van der Waals surface area (Å²) in [6.45, 7) is 11.7. The standard InChI is InChI=1S/C18H33N5O/c1-13(2)6-11-23-17(14(3)4)16(12-19-23)21-18(24)20-15-7-9-22(5)10-8-15/h12-15H,6-11H2,1-5H3,(H2,20,21,24). The number of likely N-dealkylation sites (tertiary alicyclic amines) is 1. The van der Waals surface area contributed by atoms with Crippen LogP contribution in [-0.2, 0) is 6.54 Å². The lowest BCUT2D eigenvalue weighted by Crippen LogP contribution is -2.44. The lowest BCUT2D eigenvalue weighted by atomic mass is 10.1. The van der Waals surface area contributed by atoms with Gasteiger partial charge in [0.25, 0.3) is 0 Å². The van der Waals surface area contributed by atoms with Crippen molar-refractivity contribution >= 4 is 11.7 Å². The first-order chi connectivity index (χ1) is 11.4. The lowest BCUT2D eigenvalue weighted by Gasteiger charge is -2.29. The van der Waals surface area contributed by atoms with E-state index in [0.29, 0.717) is 11.8 Å². The predicted molar refractivity (Wildman–Crippen MR) is 98.4 cm³/mol. The van der Waals surface area contributed by atoms with Gasteiger partial charge in [-0.2, -0.15) is 5.10 Å². The number of anilines is 1. The van der Waals surface area contributed by atoms with Crippen molar-refractivity contribution in [3.63, 3.8) is 0 Å². The number of rotatable bonds is 6. The van der Waals surface area contributed by atoms with Crippen LogP contribution < -0.4 is 10.6 Å². The highest BCUT2D eigenvalue weighted by Crippen LogP contribution is 2.25. The molecule has 2 heterocycles. The molecule has 1 fully saturated rings. The summed E-state index contributed by atoms with van der Waals surface area (Å²) in [5.74, 6) is 0.955. The van der Waals surface area contributed by atoms with E-state index in [4.69, 9.17) is 0 Å². The third kappa shape index (κ3) is 5.23. The van der Waals surface area contributed by atoms with Crippen molar-refractivity contribution < 1.29 is 4.79 Å². The number of hydrogen-bond acceptors (Lipinski definition) is 3. The van der Waals surface area contributed by atoms with Crippen molar-refractivity contribution in [3.8, 4) is 0 Å². The van der Waals surface area contributed by atoms with Crippen LogP contribution in [0.15, 0.2) is 6.20 Å². The quantitative estimate of drug-likeness (QED) is 0.839. The van der Waals surface area contributed by atoms with E-state index in [1.165, 1.54) is 0 Å². The zero-order valence-corrected chi connectivity index (χ0v) is 15.8. The number of carbonyl (C=O) groups excluding carboxylic acids is 1. The average Bonchev–Trinajstić information content (AvgIpc) is 2.90. The van der Waals surface area contributed by atoms with Crippen molar-refractivity contribution in [1.29, 1.82) is 0 Å². The summed E-state index contributed by atoms with van der Waals surface area (Å²) in [6.07, 6.45) is 4.88. The molecule has 0 unspecified atom stereocenters. The van der Waals surface area contributed by atoms with E-state index >= 15 is 0 Å². The number of urea groups is 1. The van der Waals surface area contributed by atoms with E-state index in [0.717, 1.165) is 50.3 Å². The zero-order valence-electron chi connectivity index (χ0n) is 15.8. The minimum absolute atomic E-state index is 0.116. The minimum Gasteiger partial charge on any atom is -0.335 e. The van der Waals surface area contributed by atoms with Gasteiger partial charge in [-0.15, -0.1) is 0 Å². The Morgan fingerprint density at radius 3 is 2.54 bits per heavy atom. The fraction of sp³-hybridized carbons (Fsp3) is 0.778. The van der Waals surface area contributed by atoms with Gasteiger partial charge in [-0.3, -0.25) is 4.68 Å². The van der Waals surface area contributed by atoms with Gasteiger partial charge in [0.15, 0.2) is 0 Å². The van der Waals surface area contributed by atoms with Gasteiger partial charge in [0, 0.05) is 12.6 Å². The molecule has 136 valence electrons. The second-order valence-corrected chi connectivity index (χ2v) is 7.68. The number of nitrogens with zero attached hydrogens (tertiary/aromatic N) is 3. The fourth-order valence-electron chi connectivity index (χ4n) is 3.16. The molecule has 0 bridgehead atoms. The number of nitrogens with one attached hydrogen (secondary N) is 2. The molecule has 1 saturated heterocycles. The van der Waals surface area contributed by atoms with Gasteiger partial charge in [0.05, 0.1) is 17.6 Å². The second kappa shape index (κ2) is 8.51.